The molecule has 1 heterocycles. The average Bonchev–Trinajstić information content (AvgIpc) is 3.01. The molecule has 1 fully saturated rings. The van der Waals surface area contributed by atoms with Crippen LogP contribution in [0.4, 0.5) is 0 Å². The Morgan fingerprint density at radius 1 is 1.53 bits per heavy atom. The summed E-state index contributed by atoms with van der Waals surface area (Å²) in [4.78, 5) is 0.811. The van der Waals surface area contributed by atoms with Crippen LogP contribution in [0.15, 0.2) is 17.5 Å². The van der Waals surface area contributed by atoms with Crippen molar-refractivity contribution in [2.75, 3.05) is 6.61 Å². The van der Waals surface area contributed by atoms with Gasteiger partial charge in [0.05, 0.1) is 0 Å². The van der Waals surface area contributed by atoms with Crippen molar-refractivity contribution in [2.24, 2.45) is 5.92 Å². The van der Waals surface area contributed by atoms with Crippen LogP contribution in [0.5, 0.6) is 0 Å². The Labute approximate surface area is 106 Å². The van der Waals surface area contributed by atoms with E-state index in [9.17, 15) is 10.2 Å². The molecule has 1 aliphatic carbocycles. The lowest BCUT2D eigenvalue weighted by molar-refractivity contribution is -0.235. The monoisotopic (exact) mass is 256 g/mol. The maximum absolute atomic E-state index is 10.9. The molecule has 2 rings (SSSR count). The van der Waals surface area contributed by atoms with E-state index in [1.54, 1.807) is 0 Å². The fraction of sp³-hybridized carbons (Fsp3) is 0.692. The summed E-state index contributed by atoms with van der Waals surface area (Å²) in [5, 5.41) is 23.0. The number of aliphatic hydroxyl groups excluding tert-OH is 1. The van der Waals surface area contributed by atoms with Crippen LogP contribution in [0.2, 0.25) is 0 Å². The Kier molecular flexibility index (Phi) is 4.20. The van der Waals surface area contributed by atoms with Crippen LogP contribution >= 0.6 is 11.3 Å². The third kappa shape index (κ3) is 2.40. The van der Waals surface area contributed by atoms with Crippen molar-refractivity contribution in [3.8, 4) is 0 Å². The van der Waals surface area contributed by atoms with Gasteiger partial charge in [0.25, 0.3) is 0 Å². The highest BCUT2D eigenvalue weighted by atomic mass is 32.1. The summed E-state index contributed by atoms with van der Waals surface area (Å²) in [6.45, 7) is 2.23. The Balaban J connectivity index is 2.27. The van der Waals surface area contributed by atoms with E-state index < -0.39 is 11.9 Å². The molecule has 0 bridgehead atoms. The minimum absolute atomic E-state index is 0.0997. The Morgan fingerprint density at radius 2 is 2.24 bits per heavy atom. The number of hydrogen-bond donors (Lipinski definition) is 2. The fourth-order valence-electron chi connectivity index (χ4n) is 2.68. The van der Waals surface area contributed by atoms with Crippen molar-refractivity contribution in [3.05, 3.63) is 22.4 Å². The molecule has 2 N–H and O–H groups in total. The first-order valence-electron chi connectivity index (χ1n) is 6.25. The van der Waals surface area contributed by atoms with E-state index in [1.807, 2.05) is 24.4 Å². The van der Waals surface area contributed by atoms with Crippen LogP contribution in [0, 0.1) is 5.92 Å². The Morgan fingerprint density at radius 3 is 2.76 bits per heavy atom. The first-order valence-corrected chi connectivity index (χ1v) is 7.13. The molecular weight excluding hydrogens is 236 g/mol. The maximum atomic E-state index is 10.9. The van der Waals surface area contributed by atoms with Gasteiger partial charge in [-0.15, -0.1) is 11.3 Å². The summed E-state index contributed by atoms with van der Waals surface area (Å²) in [5.74, 6) is 0.0997. The zero-order valence-corrected chi connectivity index (χ0v) is 10.9. The van der Waals surface area contributed by atoms with Crippen molar-refractivity contribution in [2.45, 2.75) is 44.5 Å². The van der Waals surface area contributed by atoms with Crippen molar-refractivity contribution < 1.29 is 14.9 Å². The summed E-state index contributed by atoms with van der Waals surface area (Å²) in [6, 6.07) is 3.78. The first-order chi connectivity index (χ1) is 8.19. The molecule has 0 saturated heterocycles. The zero-order valence-electron chi connectivity index (χ0n) is 10.1. The molecule has 1 aromatic heterocycles. The summed E-state index contributed by atoms with van der Waals surface area (Å²) in [5.41, 5.74) is -1.24. The normalized spacial score (nSPS) is 22.5. The van der Waals surface area contributed by atoms with E-state index in [0.717, 1.165) is 30.6 Å². The van der Waals surface area contributed by atoms with Gasteiger partial charge < -0.3 is 14.9 Å². The van der Waals surface area contributed by atoms with Crippen LogP contribution in [-0.4, -0.2) is 23.1 Å². The van der Waals surface area contributed by atoms with E-state index in [0.29, 0.717) is 6.61 Å². The van der Waals surface area contributed by atoms with Crippen LogP contribution < -0.4 is 0 Å². The number of thiophene rings is 1. The third-order valence-electron chi connectivity index (χ3n) is 3.59. The highest BCUT2D eigenvalue weighted by Crippen LogP contribution is 2.44. The summed E-state index contributed by atoms with van der Waals surface area (Å²) in [6.07, 6.45) is 3.03. The smallest absolute Gasteiger partial charge is 0.189 e. The van der Waals surface area contributed by atoms with Gasteiger partial charge in [-0.05, 0) is 37.1 Å². The number of aliphatic hydroxyl groups is 2. The average molecular weight is 256 g/mol. The van der Waals surface area contributed by atoms with E-state index in [-0.39, 0.29) is 5.92 Å². The summed E-state index contributed by atoms with van der Waals surface area (Å²) in [7, 11) is 0. The van der Waals surface area contributed by atoms with Crippen LogP contribution in [-0.2, 0) is 10.3 Å². The van der Waals surface area contributed by atoms with Gasteiger partial charge in [0.1, 0.15) is 0 Å². The van der Waals surface area contributed by atoms with Gasteiger partial charge in [-0.3, -0.25) is 0 Å². The Bertz CT molecular complexity index is 332. The van der Waals surface area contributed by atoms with Gasteiger partial charge in [0.2, 0.25) is 0 Å². The van der Waals surface area contributed by atoms with E-state index in [2.05, 4.69) is 0 Å². The SMILES string of the molecule is CCOC(O)C(O)(c1cccs1)C1CCCC1. The zero-order chi connectivity index (χ0) is 12.3. The van der Waals surface area contributed by atoms with Gasteiger partial charge >= 0.3 is 0 Å². The molecule has 96 valence electrons. The number of hydrogen-bond acceptors (Lipinski definition) is 4. The van der Waals surface area contributed by atoms with E-state index in [4.69, 9.17) is 4.74 Å². The first kappa shape index (κ1) is 13.0. The third-order valence-corrected chi connectivity index (χ3v) is 4.60. The lowest BCUT2D eigenvalue weighted by atomic mass is 9.84. The molecule has 4 heteroatoms. The van der Waals surface area contributed by atoms with Crippen LogP contribution in [0.1, 0.15) is 37.5 Å². The number of rotatable bonds is 5. The van der Waals surface area contributed by atoms with Gasteiger partial charge in [-0.2, -0.15) is 0 Å². The van der Waals surface area contributed by atoms with Crippen LogP contribution in [0.3, 0.4) is 0 Å². The number of ether oxygens (including phenoxy) is 1. The molecule has 1 aromatic rings. The molecule has 17 heavy (non-hydrogen) atoms. The largest absolute Gasteiger partial charge is 0.379 e. The Hall–Kier alpha value is -0.420. The molecule has 0 amide bonds. The van der Waals surface area contributed by atoms with Crippen molar-refractivity contribution in [1.29, 1.82) is 0 Å². The molecule has 0 aliphatic heterocycles. The molecule has 3 nitrogen and oxygen atoms in total. The molecule has 1 aliphatic rings. The van der Waals surface area contributed by atoms with Crippen LogP contribution in [0.25, 0.3) is 0 Å². The molecule has 0 aromatic carbocycles. The minimum atomic E-state index is -1.24. The lowest BCUT2D eigenvalue weighted by Gasteiger charge is -2.36. The molecule has 2 atom stereocenters. The second-order valence-electron chi connectivity index (χ2n) is 4.59. The predicted molar refractivity (Wildman–Crippen MR) is 67.8 cm³/mol. The van der Waals surface area contributed by atoms with E-state index in [1.165, 1.54) is 11.3 Å². The highest BCUT2D eigenvalue weighted by molar-refractivity contribution is 7.10. The van der Waals surface area contributed by atoms with E-state index >= 15 is 0 Å². The quantitative estimate of drug-likeness (QED) is 0.796. The van der Waals surface area contributed by atoms with Gasteiger partial charge in [0.15, 0.2) is 11.9 Å². The summed E-state index contributed by atoms with van der Waals surface area (Å²) < 4.78 is 5.26. The molecule has 0 radical (unpaired) electrons. The molecule has 0 spiro atoms. The predicted octanol–water partition coefficient (Wildman–Crippen LogP) is 2.48. The second-order valence-corrected chi connectivity index (χ2v) is 5.54. The maximum Gasteiger partial charge on any atom is 0.189 e. The summed E-state index contributed by atoms with van der Waals surface area (Å²) >= 11 is 1.48. The highest BCUT2D eigenvalue weighted by Gasteiger charge is 2.47. The molecule has 2 unspecified atom stereocenters. The standard InChI is InChI=1S/C13H20O3S/c1-2-16-12(14)13(15,10-6-3-4-7-10)11-8-5-9-17-11/h5,8-10,12,14-15H,2-4,6-7H2,1H3. The van der Waals surface area contributed by atoms with Gasteiger partial charge in [-0.1, -0.05) is 18.9 Å². The van der Waals surface area contributed by atoms with Crippen molar-refractivity contribution in [1.82, 2.24) is 0 Å². The molecule has 1 saturated carbocycles. The minimum Gasteiger partial charge on any atom is -0.379 e. The fourth-order valence-corrected chi connectivity index (χ4v) is 3.60. The topological polar surface area (TPSA) is 49.7 Å². The van der Waals surface area contributed by atoms with Crippen molar-refractivity contribution in [3.63, 3.8) is 0 Å². The molecular formula is C13H20O3S. The van der Waals surface area contributed by atoms with Gasteiger partial charge in [0, 0.05) is 11.5 Å². The van der Waals surface area contributed by atoms with Crippen molar-refractivity contribution >= 4 is 11.3 Å². The lowest BCUT2D eigenvalue weighted by Crippen LogP contribution is -2.46. The van der Waals surface area contributed by atoms with Gasteiger partial charge in [-0.25, -0.2) is 0 Å². The second kappa shape index (κ2) is 5.48.